The second kappa shape index (κ2) is 7.71. The summed E-state index contributed by atoms with van der Waals surface area (Å²) in [4.78, 5) is 30.5. The fourth-order valence-electron chi connectivity index (χ4n) is 4.74. The predicted molar refractivity (Wildman–Crippen MR) is 120 cm³/mol. The summed E-state index contributed by atoms with van der Waals surface area (Å²) in [6.45, 7) is 9.18. The molecule has 30 heavy (non-hydrogen) atoms. The molecule has 156 valence electrons. The van der Waals surface area contributed by atoms with E-state index in [9.17, 15) is 9.59 Å². The van der Waals surface area contributed by atoms with Gasteiger partial charge >= 0.3 is 5.63 Å². The molecular weight excluding hydrogens is 376 g/mol. The van der Waals surface area contributed by atoms with Crippen molar-refractivity contribution in [2.45, 2.75) is 58.4 Å². The normalized spacial score (nSPS) is 17.7. The van der Waals surface area contributed by atoms with Crippen LogP contribution in [0.3, 0.4) is 0 Å². The van der Waals surface area contributed by atoms with Gasteiger partial charge in [-0.1, -0.05) is 6.92 Å². The number of aromatic nitrogens is 1. The number of carbonyl (C=O) groups is 1. The summed E-state index contributed by atoms with van der Waals surface area (Å²) in [5.41, 5.74) is 3.94. The molecule has 0 bridgehead atoms. The van der Waals surface area contributed by atoms with E-state index in [0.29, 0.717) is 23.5 Å². The molecule has 1 unspecified atom stereocenters. The molecule has 0 fully saturated rings. The molecule has 0 aliphatic carbocycles. The number of Topliss-reactive ketones (excluding diaryl/α,β-unsaturated/α-hetero) is 1. The van der Waals surface area contributed by atoms with Gasteiger partial charge in [-0.25, -0.2) is 4.79 Å². The highest BCUT2D eigenvalue weighted by Crippen LogP contribution is 2.45. The zero-order valence-electron chi connectivity index (χ0n) is 18.1. The highest BCUT2D eigenvalue weighted by Gasteiger charge is 2.36. The first kappa shape index (κ1) is 20.3. The second-order valence-corrected chi connectivity index (χ2v) is 9.01. The van der Waals surface area contributed by atoms with Gasteiger partial charge in [0.1, 0.15) is 11.4 Å². The highest BCUT2D eigenvalue weighted by atomic mass is 16.4. The Morgan fingerprint density at radius 2 is 1.97 bits per heavy atom. The van der Waals surface area contributed by atoms with Crippen LogP contribution in [0.2, 0.25) is 0 Å². The molecule has 3 aromatic rings. The van der Waals surface area contributed by atoms with Crippen LogP contribution in [0, 0.1) is 0 Å². The summed E-state index contributed by atoms with van der Waals surface area (Å²) in [5.74, 6) is 0.603. The first-order valence-corrected chi connectivity index (χ1v) is 10.6. The lowest BCUT2D eigenvalue weighted by Gasteiger charge is -2.47. The standard InChI is InChI=1S/C25H28N2O3/c1-16-15-25(3,4)27(11-5-6-17(2)28)22-14-23-19(12-20(16)22)13-21(24(29)30-23)18-7-9-26-10-8-18/h7-10,12-14,16H,5-6,11,15H2,1-4H3. The van der Waals surface area contributed by atoms with E-state index in [2.05, 4.69) is 36.7 Å². The van der Waals surface area contributed by atoms with E-state index in [1.807, 2.05) is 24.3 Å². The molecule has 0 spiro atoms. The minimum Gasteiger partial charge on any atom is -0.422 e. The van der Waals surface area contributed by atoms with Crippen molar-refractivity contribution in [2.75, 3.05) is 11.4 Å². The zero-order valence-corrected chi connectivity index (χ0v) is 18.1. The average Bonchev–Trinajstić information content (AvgIpc) is 2.69. The van der Waals surface area contributed by atoms with E-state index in [1.165, 1.54) is 5.56 Å². The van der Waals surface area contributed by atoms with Crippen LogP contribution in [0.15, 0.2) is 51.9 Å². The minimum absolute atomic E-state index is 0.0336. The SMILES string of the molecule is CC(=O)CCCN1c2cc3oc(=O)c(-c4ccncc4)cc3cc2C(C)CC1(C)C. The minimum atomic E-state index is -0.347. The van der Waals surface area contributed by atoms with Crippen LogP contribution >= 0.6 is 0 Å². The summed E-state index contributed by atoms with van der Waals surface area (Å²) < 4.78 is 5.75. The van der Waals surface area contributed by atoms with Gasteiger partial charge in [0, 0.05) is 48.0 Å². The van der Waals surface area contributed by atoms with Gasteiger partial charge in [-0.15, -0.1) is 0 Å². The van der Waals surface area contributed by atoms with E-state index in [4.69, 9.17) is 4.42 Å². The number of pyridine rings is 1. The van der Waals surface area contributed by atoms with Crippen molar-refractivity contribution >= 4 is 22.4 Å². The maximum atomic E-state index is 12.7. The second-order valence-electron chi connectivity index (χ2n) is 9.01. The van der Waals surface area contributed by atoms with Crippen LogP contribution < -0.4 is 10.5 Å². The summed E-state index contributed by atoms with van der Waals surface area (Å²) in [6, 6.07) is 9.73. The number of carbonyl (C=O) groups excluding carboxylic acids is 1. The molecule has 0 saturated carbocycles. The molecule has 1 atom stereocenters. The Morgan fingerprint density at radius 1 is 1.23 bits per heavy atom. The first-order valence-electron chi connectivity index (χ1n) is 10.6. The molecule has 0 N–H and O–H groups in total. The van der Waals surface area contributed by atoms with Gasteiger partial charge in [0.05, 0.1) is 5.56 Å². The predicted octanol–water partition coefficient (Wildman–Crippen LogP) is 5.32. The largest absolute Gasteiger partial charge is 0.422 e. The van der Waals surface area contributed by atoms with Gasteiger partial charge in [0.2, 0.25) is 0 Å². The number of ketones is 1. The van der Waals surface area contributed by atoms with Gasteiger partial charge in [-0.2, -0.15) is 0 Å². The lowest BCUT2D eigenvalue weighted by atomic mass is 9.79. The molecule has 0 saturated heterocycles. The Kier molecular flexibility index (Phi) is 5.22. The Bertz CT molecular complexity index is 1150. The number of nitrogens with zero attached hydrogens (tertiary/aromatic N) is 2. The van der Waals surface area contributed by atoms with Gasteiger partial charge in [0.25, 0.3) is 0 Å². The van der Waals surface area contributed by atoms with Crippen LogP contribution in [-0.2, 0) is 4.79 Å². The molecule has 3 heterocycles. The van der Waals surface area contributed by atoms with Gasteiger partial charge in [-0.3, -0.25) is 4.98 Å². The number of anilines is 1. The highest BCUT2D eigenvalue weighted by molar-refractivity contribution is 5.87. The van der Waals surface area contributed by atoms with Crippen LogP contribution in [0.25, 0.3) is 22.1 Å². The molecule has 1 aliphatic rings. The number of fused-ring (bicyclic) bond motifs is 2. The number of benzene rings is 1. The third-order valence-corrected chi connectivity index (χ3v) is 6.14. The van der Waals surface area contributed by atoms with Crippen molar-refractivity contribution in [1.82, 2.24) is 4.98 Å². The number of hydrogen-bond acceptors (Lipinski definition) is 5. The zero-order chi connectivity index (χ0) is 21.5. The van der Waals surface area contributed by atoms with Crippen molar-refractivity contribution in [3.05, 3.63) is 58.7 Å². The monoisotopic (exact) mass is 404 g/mol. The fourth-order valence-corrected chi connectivity index (χ4v) is 4.74. The molecule has 4 rings (SSSR count). The van der Waals surface area contributed by atoms with Crippen molar-refractivity contribution < 1.29 is 9.21 Å². The van der Waals surface area contributed by atoms with Crippen molar-refractivity contribution in [1.29, 1.82) is 0 Å². The van der Waals surface area contributed by atoms with Gasteiger partial charge < -0.3 is 14.1 Å². The molecule has 5 heteroatoms. The lowest BCUT2D eigenvalue weighted by molar-refractivity contribution is -0.117. The average molecular weight is 405 g/mol. The topological polar surface area (TPSA) is 63.4 Å². The Morgan fingerprint density at radius 3 is 2.67 bits per heavy atom. The van der Waals surface area contributed by atoms with Gasteiger partial charge in [0.15, 0.2) is 0 Å². The Labute approximate surface area is 176 Å². The molecule has 2 aromatic heterocycles. The van der Waals surface area contributed by atoms with E-state index < -0.39 is 0 Å². The van der Waals surface area contributed by atoms with Crippen molar-refractivity contribution in [3.8, 4) is 11.1 Å². The van der Waals surface area contributed by atoms with E-state index in [-0.39, 0.29) is 16.9 Å². The van der Waals surface area contributed by atoms with Crippen molar-refractivity contribution in [3.63, 3.8) is 0 Å². The lowest BCUT2D eigenvalue weighted by Crippen LogP contribution is -2.48. The molecule has 1 aliphatic heterocycles. The van der Waals surface area contributed by atoms with E-state index in [0.717, 1.165) is 36.0 Å². The molecular formula is C25H28N2O3. The number of hydrogen-bond donors (Lipinski definition) is 0. The fraction of sp³-hybridized carbons (Fsp3) is 0.400. The first-order chi connectivity index (χ1) is 14.3. The maximum Gasteiger partial charge on any atom is 0.344 e. The third kappa shape index (κ3) is 3.76. The summed E-state index contributed by atoms with van der Waals surface area (Å²) >= 11 is 0. The Hall–Kier alpha value is -2.95. The summed E-state index contributed by atoms with van der Waals surface area (Å²) in [5, 5.41) is 0.926. The van der Waals surface area contributed by atoms with Crippen LogP contribution in [0.1, 0.15) is 58.4 Å². The van der Waals surface area contributed by atoms with Crippen LogP contribution in [-0.4, -0.2) is 22.9 Å². The van der Waals surface area contributed by atoms with Crippen LogP contribution in [0.5, 0.6) is 0 Å². The van der Waals surface area contributed by atoms with Crippen LogP contribution in [0.4, 0.5) is 5.69 Å². The Balaban J connectivity index is 1.82. The molecule has 5 nitrogen and oxygen atoms in total. The molecule has 0 amide bonds. The van der Waals surface area contributed by atoms with Gasteiger partial charge in [-0.05, 0) is 74.9 Å². The quantitative estimate of drug-likeness (QED) is 0.539. The maximum absolute atomic E-state index is 12.7. The smallest absolute Gasteiger partial charge is 0.344 e. The number of rotatable bonds is 5. The molecule has 1 aromatic carbocycles. The summed E-state index contributed by atoms with van der Waals surface area (Å²) in [7, 11) is 0. The molecule has 0 radical (unpaired) electrons. The van der Waals surface area contributed by atoms with Crippen molar-refractivity contribution in [2.24, 2.45) is 0 Å². The summed E-state index contributed by atoms with van der Waals surface area (Å²) in [6.07, 6.45) is 5.77. The van der Waals surface area contributed by atoms with E-state index in [1.54, 1.807) is 19.3 Å². The third-order valence-electron chi connectivity index (χ3n) is 6.14. The van der Waals surface area contributed by atoms with E-state index >= 15 is 0 Å².